The molecule has 1 unspecified atom stereocenters. The lowest BCUT2D eigenvalue weighted by molar-refractivity contribution is -0.117. The Bertz CT molecular complexity index is 489. The van der Waals surface area contributed by atoms with Gasteiger partial charge in [0.15, 0.2) is 0 Å². The van der Waals surface area contributed by atoms with Crippen LogP contribution in [0.25, 0.3) is 0 Å². The second kappa shape index (κ2) is 5.73. The summed E-state index contributed by atoms with van der Waals surface area (Å²) in [4.78, 5) is 22.8. The fourth-order valence-corrected chi connectivity index (χ4v) is 2.83. The number of aromatic carboxylic acids is 1. The lowest BCUT2D eigenvalue weighted by Gasteiger charge is -2.12. The minimum Gasteiger partial charge on any atom is -0.478 e. The van der Waals surface area contributed by atoms with Crippen LogP contribution >= 0.6 is 27.7 Å². The van der Waals surface area contributed by atoms with E-state index in [0.29, 0.717) is 10.2 Å². The van der Waals surface area contributed by atoms with Gasteiger partial charge in [0.25, 0.3) is 0 Å². The van der Waals surface area contributed by atoms with E-state index < -0.39 is 5.97 Å². The van der Waals surface area contributed by atoms with Gasteiger partial charge in [-0.3, -0.25) is 10.1 Å². The topological polar surface area (TPSA) is 78.4 Å². The molecule has 2 rings (SSSR count). The van der Waals surface area contributed by atoms with Gasteiger partial charge in [0.05, 0.1) is 17.3 Å². The molecule has 96 valence electrons. The number of rotatable bonds is 3. The molecule has 7 heteroatoms. The summed E-state index contributed by atoms with van der Waals surface area (Å²) in [7, 11) is 0. The molecular weight excluding hydrogens is 320 g/mol. The fourth-order valence-electron chi connectivity index (χ4n) is 1.54. The molecule has 0 aliphatic carbocycles. The third-order valence-corrected chi connectivity index (χ3v) is 4.14. The zero-order valence-corrected chi connectivity index (χ0v) is 11.7. The predicted octanol–water partition coefficient (Wildman–Crippen LogP) is 1.75. The van der Waals surface area contributed by atoms with Crippen molar-refractivity contribution in [1.82, 2.24) is 5.32 Å². The van der Waals surface area contributed by atoms with Crippen LogP contribution < -0.4 is 10.6 Å². The van der Waals surface area contributed by atoms with Crippen molar-refractivity contribution in [3.05, 3.63) is 28.2 Å². The Morgan fingerprint density at radius 3 is 2.89 bits per heavy atom. The number of benzene rings is 1. The number of carbonyl (C=O) groups is 2. The van der Waals surface area contributed by atoms with Crippen LogP contribution in [-0.2, 0) is 4.79 Å². The zero-order chi connectivity index (χ0) is 13.1. The first kappa shape index (κ1) is 13.4. The Morgan fingerprint density at radius 1 is 1.50 bits per heavy atom. The molecule has 1 heterocycles. The van der Waals surface area contributed by atoms with Gasteiger partial charge in [0.1, 0.15) is 0 Å². The number of carbonyl (C=O) groups excluding carboxylic acids is 1. The summed E-state index contributed by atoms with van der Waals surface area (Å²) in [5.74, 6) is 0.312. The lowest BCUT2D eigenvalue weighted by atomic mass is 10.2. The Balaban J connectivity index is 2.14. The number of anilines is 1. The lowest BCUT2D eigenvalue weighted by Crippen LogP contribution is -2.37. The molecule has 3 N–H and O–H groups in total. The SMILES string of the molecule is O=C(O)c1ccc(Br)c(NC(=O)C2CSCN2)c1. The number of amides is 1. The molecule has 0 spiro atoms. The van der Waals surface area contributed by atoms with Gasteiger partial charge in [-0.15, -0.1) is 11.8 Å². The number of nitrogens with one attached hydrogen (secondary N) is 2. The van der Waals surface area contributed by atoms with E-state index >= 15 is 0 Å². The van der Waals surface area contributed by atoms with E-state index in [0.717, 1.165) is 11.6 Å². The number of hydrogen-bond donors (Lipinski definition) is 3. The maximum Gasteiger partial charge on any atom is 0.335 e. The molecule has 0 aromatic heterocycles. The van der Waals surface area contributed by atoms with Crippen LogP contribution in [0.4, 0.5) is 5.69 Å². The van der Waals surface area contributed by atoms with Gasteiger partial charge in [0, 0.05) is 16.1 Å². The average molecular weight is 331 g/mol. The number of carboxylic acid groups (broad SMARTS) is 1. The van der Waals surface area contributed by atoms with E-state index in [4.69, 9.17) is 5.11 Å². The predicted molar refractivity (Wildman–Crippen MR) is 74.0 cm³/mol. The van der Waals surface area contributed by atoms with Crippen molar-refractivity contribution in [1.29, 1.82) is 0 Å². The summed E-state index contributed by atoms with van der Waals surface area (Å²) in [5, 5.41) is 14.7. The summed E-state index contributed by atoms with van der Waals surface area (Å²) in [6.45, 7) is 0. The highest BCUT2D eigenvalue weighted by molar-refractivity contribution is 9.10. The van der Waals surface area contributed by atoms with E-state index in [2.05, 4.69) is 26.6 Å². The van der Waals surface area contributed by atoms with Gasteiger partial charge < -0.3 is 10.4 Å². The molecule has 5 nitrogen and oxygen atoms in total. The largest absolute Gasteiger partial charge is 0.478 e. The molecule has 1 atom stereocenters. The van der Waals surface area contributed by atoms with E-state index in [1.165, 1.54) is 12.1 Å². The van der Waals surface area contributed by atoms with Crippen LogP contribution in [0.2, 0.25) is 0 Å². The minimum absolute atomic E-state index is 0.141. The first-order valence-electron chi connectivity index (χ1n) is 5.23. The monoisotopic (exact) mass is 330 g/mol. The van der Waals surface area contributed by atoms with Gasteiger partial charge in [-0.1, -0.05) is 0 Å². The molecule has 0 saturated carbocycles. The van der Waals surface area contributed by atoms with E-state index in [1.54, 1.807) is 17.8 Å². The van der Waals surface area contributed by atoms with Gasteiger partial charge >= 0.3 is 5.97 Å². The van der Waals surface area contributed by atoms with Crippen molar-refractivity contribution in [2.75, 3.05) is 16.9 Å². The van der Waals surface area contributed by atoms with Crippen molar-refractivity contribution in [3.63, 3.8) is 0 Å². The van der Waals surface area contributed by atoms with Crippen LogP contribution in [0.3, 0.4) is 0 Å². The van der Waals surface area contributed by atoms with E-state index in [9.17, 15) is 9.59 Å². The summed E-state index contributed by atoms with van der Waals surface area (Å²) < 4.78 is 0.659. The van der Waals surface area contributed by atoms with Crippen LogP contribution in [0.15, 0.2) is 22.7 Å². The van der Waals surface area contributed by atoms with Crippen molar-refractivity contribution < 1.29 is 14.7 Å². The summed E-state index contributed by atoms with van der Waals surface area (Å²) in [5.41, 5.74) is 0.612. The molecule has 1 aliphatic rings. The summed E-state index contributed by atoms with van der Waals surface area (Å²) in [6, 6.07) is 4.30. The Labute approximate surface area is 116 Å². The van der Waals surface area contributed by atoms with Gasteiger partial charge in [-0.25, -0.2) is 4.79 Å². The van der Waals surface area contributed by atoms with E-state index in [-0.39, 0.29) is 17.5 Å². The van der Waals surface area contributed by atoms with Gasteiger partial charge in [-0.05, 0) is 34.1 Å². The molecule has 1 fully saturated rings. The second-order valence-electron chi connectivity index (χ2n) is 3.76. The van der Waals surface area contributed by atoms with Crippen molar-refractivity contribution in [2.45, 2.75) is 6.04 Å². The van der Waals surface area contributed by atoms with Crippen molar-refractivity contribution in [2.24, 2.45) is 0 Å². The normalized spacial score (nSPS) is 18.6. The van der Waals surface area contributed by atoms with Crippen LogP contribution in [0.1, 0.15) is 10.4 Å². The zero-order valence-electron chi connectivity index (χ0n) is 9.27. The average Bonchev–Trinajstić information content (AvgIpc) is 2.85. The number of thioether (sulfide) groups is 1. The highest BCUT2D eigenvalue weighted by Crippen LogP contribution is 2.24. The van der Waals surface area contributed by atoms with Crippen LogP contribution in [0.5, 0.6) is 0 Å². The molecule has 0 bridgehead atoms. The molecule has 1 aromatic rings. The van der Waals surface area contributed by atoms with Crippen molar-refractivity contribution in [3.8, 4) is 0 Å². The molecule has 1 saturated heterocycles. The Kier molecular flexibility index (Phi) is 4.26. The second-order valence-corrected chi connectivity index (χ2v) is 5.65. The molecule has 1 aliphatic heterocycles. The van der Waals surface area contributed by atoms with E-state index in [1.807, 2.05) is 0 Å². The third kappa shape index (κ3) is 3.04. The fraction of sp³-hybridized carbons (Fsp3) is 0.273. The smallest absolute Gasteiger partial charge is 0.335 e. The highest BCUT2D eigenvalue weighted by atomic mass is 79.9. The molecular formula is C11H11BrN2O3S. The van der Waals surface area contributed by atoms with Gasteiger partial charge in [0.2, 0.25) is 5.91 Å². The van der Waals surface area contributed by atoms with Crippen LogP contribution in [-0.4, -0.2) is 34.7 Å². The highest BCUT2D eigenvalue weighted by Gasteiger charge is 2.23. The number of halogens is 1. The molecule has 1 amide bonds. The van der Waals surface area contributed by atoms with Gasteiger partial charge in [-0.2, -0.15) is 0 Å². The first-order chi connectivity index (χ1) is 8.58. The first-order valence-corrected chi connectivity index (χ1v) is 7.17. The number of hydrogen-bond acceptors (Lipinski definition) is 4. The Hall–Kier alpha value is -1.05. The third-order valence-electron chi connectivity index (χ3n) is 2.50. The van der Waals surface area contributed by atoms with Crippen LogP contribution in [0, 0.1) is 0 Å². The van der Waals surface area contributed by atoms with Crippen molar-refractivity contribution >= 4 is 45.3 Å². The molecule has 1 aromatic carbocycles. The molecule has 0 radical (unpaired) electrons. The summed E-state index contributed by atoms with van der Waals surface area (Å²) >= 11 is 4.94. The minimum atomic E-state index is -1.02. The standard InChI is InChI=1S/C11H11BrN2O3S/c12-7-2-1-6(11(16)17)3-8(7)14-10(15)9-4-18-5-13-9/h1-3,9,13H,4-5H2,(H,14,15)(H,16,17). The maximum absolute atomic E-state index is 11.9. The quantitative estimate of drug-likeness (QED) is 0.786. The molecule has 18 heavy (non-hydrogen) atoms. The Morgan fingerprint density at radius 2 is 2.28 bits per heavy atom. The summed E-state index contributed by atoms with van der Waals surface area (Å²) in [6.07, 6.45) is 0. The maximum atomic E-state index is 11.9. The number of carboxylic acids is 1.